The van der Waals surface area contributed by atoms with Crippen molar-refractivity contribution >= 4 is 17.0 Å². The molecule has 0 bridgehead atoms. The Kier molecular flexibility index (Phi) is 4.05. The summed E-state index contributed by atoms with van der Waals surface area (Å²) < 4.78 is 10.0. The van der Waals surface area contributed by atoms with Crippen LogP contribution >= 0.6 is 0 Å². The molecule has 0 aromatic carbocycles. The summed E-state index contributed by atoms with van der Waals surface area (Å²) in [5.41, 5.74) is 3.82. The molecule has 9 heteroatoms. The summed E-state index contributed by atoms with van der Waals surface area (Å²) >= 11 is 0. The number of hydrogen-bond acceptors (Lipinski definition) is 7. The van der Waals surface area contributed by atoms with Crippen LogP contribution in [0.2, 0.25) is 0 Å². The van der Waals surface area contributed by atoms with Crippen LogP contribution in [0.25, 0.3) is 34.1 Å². The van der Waals surface area contributed by atoms with Crippen molar-refractivity contribution in [3.05, 3.63) is 36.8 Å². The highest BCUT2D eigenvalue weighted by Gasteiger charge is 2.33. The van der Waals surface area contributed by atoms with Crippen LogP contribution in [-0.2, 0) is 4.74 Å². The zero-order valence-corrected chi connectivity index (χ0v) is 17.8. The van der Waals surface area contributed by atoms with E-state index < -0.39 is 0 Å². The number of morpholine rings is 1. The zero-order chi connectivity index (χ0) is 21.1. The molecule has 0 unspecified atom stereocenters. The quantitative estimate of drug-likeness (QED) is 0.482. The van der Waals surface area contributed by atoms with Gasteiger partial charge in [-0.15, -0.1) is 0 Å². The molecule has 32 heavy (non-hydrogen) atoms. The second kappa shape index (κ2) is 7.09. The van der Waals surface area contributed by atoms with Crippen LogP contribution in [0.15, 0.2) is 36.8 Å². The predicted molar refractivity (Wildman–Crippen MR) is 119 cm³/mol. The maximum atomic E-state index is 5.61. The van der Waals surface area contributed by atoms with Gasteiger partial charge in [0.25, 0.3) is 0 Å². The first kappa shape index (κ1) is 18.3. The van der Waals surface area contributed by atoms with E-state index in [1.54, 1.807) is 0 Å². The second-order valence-electron chi connectivity index (χ2n) is 8.81. The van der Waals surface area contributed by atoms with E-state index in [1.807, 2.05) is 36.8 Å². The average Bonchev–Trinajstić information content (AvgIpc) is 3.79. The highest BCUT2D eigenvalue weighted by Crippen LogP contribution is 2.43. The molecule has 1 aliphatic heterocycles. The van der Waals surface area contributed by atoms with Gasteiger partial charge in [0.05, 0.1) is 19.3 Å². The molecule has 4 aromatic rings. The lowest BCUT2D eigenvalue weighted by atomic mass is 10.2. The van der Waals surface area contributed by atoms with Crippen molar-refractivity contribution in [2.75, 3.05) is 31.2 Å². The van der Waals surface area contributed by atoms with Gasteiger partial charge >= 0.3 is 0 Å². The average molecular weight is 429 g/mol. The molecule has 2 saturated carbocycles. The van der Waals surface area contributed by atoms with Gasteiger partial charge in [0.15, 0.2) is 22.8 Å². The molecule has 0 atom stereocenters. The first-order valence-electron chi connectivity index (χ1n) is 11.4. The Hall–Kier alpha value is -3.33. The number of aromatic nitrogens is 7. The van der Waals surface area contributed by atoms with Gasteiger partial charge < -0.3 is 14.2 Å². The van der Waals surface area contributed by atoms with Crippen molar-refractivity contribution in [2.24, 2.45) is 0 Å². The van der Waals surface area contributed by atoms with Crippen molar-refractivity contribution in [2.45, 2.75) is 37.8 Å². The van der Waals surface area contributed by atoms with Gasteiger partial charge in [-0.05, 0) is 43.9 Å². The van der Waals surface area contributed by atoms with E-state index in [4.69, 9.17) is 19.7 Å². The highest BCUT2D eigenvalue weighted by atomic mass is 16.5. The molecule has 0 spiro atoms. The number of fused-ring (bicyclic) bond motifs is 1. The summed E-state index contributed by atoms with van der Waals surface area (Å²) in [5, 5.41) is 4.57. The smallest absolute Gasteiger partial charge is 0.182 e. The van der Waals surface area contributed by atoms with E-state index in [0.717, 1.165) is 65.8 Å². The fourth-order valence-corrected chi connectivity index (χ4v) is 4.55. The monoisotopic (exact) mass is 428 g/mol. The van der Waals surface area contributed by atoms with E-state index >= 15 is 0 Å². The molecule has 7 rings (SSSR count). The van der Waals surface area contributed by atoms with Gasteiger partial charge in [-0.25, -0.2) is 15.0 Å². The van der Waals surface area contributed by atoms with Gasteiger partial charge in [0, 0.05) is 43.3 Å². The molecular formula is C23H24N8O. The third-order valence-electron chi connectivity index (χ3n) is 6.47. The summed E-state index contributed by atoms with van der Waals surface area (Å²) in [6, 6.07) is 6.96. The molecule has 3 aliphatic rings. The zero-order valence-electron chi connectivity index (χ0n) is 17.8. The third-order valence-corrected chi connectivity index (χ3v) is 6.47. The third kappa shape index (κ3) is 2.99. The van der Waals surface area contributed by atoms with E-state index in [2.05, 4.69) is 24.2 Å². The Morgan fingerprint density at radius 2 is 1.62 bits per heavy atom. The largest absolute Gasteiger partial charge is 0.378 e. The Labute approximate surface area is 185 Å². The molecule has 9 nitrogen and oxygen atoms in total. The summed E-state index contributed by atoms with van der Waals surface area (Å²) in [7, 11) is 0. The molecule has 0 N–H and O–H groups in total. The van der Waals surface area contributed by atoms with Crippen LogP contribution in [0.5, 0.6) is 0 Å². The fourth-order valence-electron chi connectivity index (χ4n) is 4.55. The van der Waals surface area contributed by atoms with Crippen molar-refractivity contribution in [1.82, 2.24) is 34.3 Å². The normalized spacial score (nSPS) is 19.1. The molecule has 1 saturated heterocycles. The van der Waals surface area contributed by atoms with Crippen molar-refractivity contribution in [3.8, 4) is 22.9 Å². The first-order valence-corrected chi connectivity index (χ1v) is 11.4. The highest BCUT2D eigenvalue weighted by molar-refractivity contribution is 5.89. The minimum atomic E-state index is 0.428. The van der Waals surface area contributed by atoms with Crippen molar-refractivity contribution in [3.63, 3.8) is 0 Å². The Balaban J connectivity index is 1.48. The lowest BCUT2D eigenvalue weighted by Crippen LogP contribution is -2.37. The summed E-state index contributed by atoms with van der Waals surface area (Å²) in [5.74, 6) is 2.57. The lowest BCUT2D eigenvalue weighted by Gasteiger charge is -2.28. The van der Waals surface area contributed by atoms with Gasteiger partial charge in [0.1, 0.15) is 11.5 Å². The van der Waals surface area contributed by atoms with E-state index in [0.29, 0.717) is 25.3 Å². The Morgan fingerprint density at radius 3 is 2.38 bits per heavy atom. The van der Waals surface area contributed by atoms with Crippen LogP contribution in [0.3, 0.4) is 0 Å². The fraction of sp³-hybridized carbons (Fsp3) is 0.435. The van der Waals surface area contributed by atoms with E-state index in [1.165, 1.54) is 12.8 Å². The number of hydrogen-bond donors (Lipinski definition) is 0. The molecular weight excluding hydrogens is 404 g/mol. The number of anilines is 1. The Morgan fingerprint density at radius 1 is 0.844 bits per heavy atom. The van der Waals surface area contributed by atoms with Gasteiger partial charge in [-0.3, -0.25) is 9.67 Å². The molecule has 162 valence electrons. The van der Waals surface area contributed by atoms with Gasteiger partial charge in [-0.1, -0.05) is 0 Å². The van der Waals surface area contributed by atoms with Crippen molar-refractivity contribution < 1.29 is 4.74 Å². The number of ether oxygens (including phenoxy) is 1. The van der Waals surface area contributed by atoms with Crippen molar-refractivity contribution in [1.29, 1.82) is 0 Å². The molecule has 0 radical (unpaired) electrons. The van der Waals surface area contributed by atoms with E-state index in [9.17, 15) is 0 Å². The maximum Gasteiger partial charge on any atom is 0.182 e. The standard InChI is InChI=1S/C23H24N8O/c1-2-16(1)30-21(15-5-8-24-9-6-15)26-19-22(29-11-13-32-14-12-29)27-20(28-23(19)30)18-7-10-25-31(18)17-3-4-17/h5-10,16-17H,1-4,11-14H2. The predicted octanol–water partition coefficient (Wildman–Crippen LogP) is 3.26. The SMILES string of the molecule is c1cc(-c2nc3c(N4CCOCC4)nc(-c4ccnn4C4CC4)nc3n2C2CC2)ccn1. The van der Waals surface area contributed by atoms with Crippen LogP contribution in [-0.4, -0.2) is 60.6 Å². The summed E-state index contributed by atoms with van der Waals surface area (Å²) in [4.78, 5) is 21.8. The summed E-state index contributed by atoms with van der Waals surface area (Å²) in [6.45, 7) is 2.99. The van der Waals surface area contributed by atoms with Gasteiger partial charge in [0.2, 0.25) is 0 Å². The second-order valence-corrected chi connectivity index (χ2v) is 8.81. The Bertz CT molecular complexity index is 1280. The summed E-state index contributed by atoms with van der Waals surface area (Å²) in [6.07, 6.45) is 10.1. The number of nitrogens with zero attached hydrogens (tertiary/aromatic N) is 8. The lowest BCUT2D eigenvalue weighted by molar-refractivity contribution is 0.122. The molecule has 4 aromatic heterocycles. The molecule has 3 fully saturated rings. The minimum Gasteiger partial charge on any atom is -0.378 e. The van der Waals surface area contributed by atoms with Crippen LogP contribution in [0.1, 0.15) is 37.8 Å². The van der Waals surface area contributed by atoms with Crippen LogP contribution in [0, 0.1) is 0 Å². The topological polar surface area (TPSA) is 86.8 Å². The van der Waals surface area contributed by atoms with Crippen LogP contribution in [0.4, 0.5) is 5.82 Å². The van der Waals surface area contributed by atoms with Crippen LogP contribution < -0.4 is 4.90 Å². The molecule has 2 aliphatic carbocycles. The number of imidazole rings is 1. The molecule has 5 heterocycles. The minimum absolute atomic E-state index is 0.428. The maximum absolute atomic E-state index is 5.61. The van der Waals surface area contributed by atoms with Gasteiger partial charge in [-0.2, -0.15) is 5.10 Å². The molecule has 0 amide bonds. The number of pyridine rings is 1. The first-order chi connectivity index (χ1) is 15.9. The number of rotatable bonds is 5. The van der Waals surface area contributed by atoms with E-state index in [-0.39, 0.29) is 0 Å².